The van der Waals surface area contributed by atoms with E-state index in [0.29, 0.717) is 0 Å². The summed E-state index contributed by atoms with van der Waals surface area (Å²) in [6.07, 6.45) is 0. The highest BCUT2D eigenvalue weighted by atomic mass is 32.1. The van der Waals surface area contributed by atoms with Gasteiger partial charge in [0.05, 0.1) is 0 Å². The molecule has 0 radical (unpaired) electrons. The predicted molar refractivity (Wildman–Crippen MR) is 82.4 cm³/mol. The predicted octanol–water partition coefficient (Wildman–Crippen LogP) is 2.96. The lowest BCUT2D eigenvalue weighted by Gasteiger charge is -2.22. The average molecular weight is 273 g/mol. The number of nitrogens with one attached hydrogen (secondary N) is 1. The quantitative estimate of drug-likeness (QED) is 0.685. The van der Waals surface area contributed by atoms with Crippen LogP contribution in [0.2, 0.25) is 0 Å². The topological polar surface area (TPSA) is 27.6 Å². The average Bonchev–Trinajstić information content (AvgIpc) is 2.94. The molecule has 0 aliphatic carbocycles. The van der Waals surface area contributed by atoms with E-state index in [2.05, 4.69) is 63.3 Å². The van der Waals surface area contributed by atoms with Crippen molar-refractivity contribution in [1.82, 2.24) is 10.2 Å². The van der Waals surface area contributed by atoms with Crippen molar-refractivity contribution in [3.05, 3.63) is 58.3 Å². The third-order valence-electron chi connectivity index (χ3n) is 2.87. The smallest absolute Gasteiger partial charge is 0.193 e. The summed E-state index contributed by atoms with van der Waals surface area (Å²) in [6, 6.07) is 12.5. The minimum Gasteiger partial charge on any atom is -0.352 e. The summed E-state index contributed by atoms with van der Waals surface area (Å²) >= 11 is 1.72. The van der Waals surface area contributed by atoms with E-state index < -0.39 is 0 Å². The molecule has 2 rings (SSSR count). The Hall–Kier alpha value is -1.81. The summed E-state index contributed by atoms with van der Waals surface area (Å²) in [5, 5.41) is 7.62. The maximum Gasteiger partial charge on any atom is 0.193 e. The molecule has 0 saturated carbocycles. The highest BCUT2D eigenvalue weighted by molar-refractivity contribution is 7.07. The fraction of sp³-hybridized carbons (Fsp3) is 0.267. The molecule has 1 heterocycles. The van der Waals surface area contributed by atoms with E-state index in [4.69, 9.17) is 0 Å². The van der Waals surface area contributed by atoms with Gasteiger partial charge in [-0.15, -0.1) is 0 Å². The van der Waals surface area contributed by atoms with Crippen molar-refractivity contribution in [2.45, 2.75) is 13.1 Å². The molecule has 0 spiro atoms. The van der Waals surface area contributed by atoms with Gasteiger partial charge in [0.2, 0.25) is 0 Å². The molecule has 0 saturated heterocycles. The van der Waals surface area contributed by atoms with Crippen LogP contribution in [0.4, 0.5) is 0 Å². The Morgan fingerprint density at radius 3 is 2.63 bits per heavy atom. The van der Waals surface area contributed by atoms with Crippen molar-refractivity contribution >= 4 is 17.3 Å². The zero-order valence-corrected chi connectivity index (χ0v) is 12.2. The first-order valence-electron chi connectivity index (χ1n) is 6.26. The molecule has 1 aromatic heterocycles. The minimum atomic E-state index is 0.815. The fourth-order valence-electron chi connectivity index (χ4n) is 1.89. The molecular formula is C15H19N3S. The number of thiophene rings is 1. The van der Waals surface area contributed by atoms with Crippen LogP contribution < -0.4 is 5.32 Å². The van der Waals surface area contributed by atoms with Crippen molar-refractivity contribution in [1.29, 1.82) is 0 Å². The third-order valence-corrected chi connectivity index (χ3v) is 3.60. The van der Waals surface area contributed by atoms with Gasteiger partial charge in [-0.1, -0.05) is 30.3 Å². The van der Waals surface area contributed by atoms with Crippen molar-refractivity contribution < 1.29 is 0 Å². The minimum absolute atomic E-state index is 0.815. The standard InChI is InChI=1S/C15H19N3S/c1-16-15(17-10-14-8-9-19-12-14)18(2)11-13-6-4-3-5-7-13/h3-9,12H,10-11H2,1-2H3,(H,16,17). The molecule has 1 N–H and O–H groups in total. The second-order valence-corrected chi connectivity index (χ2v) is 5.15. The lowest BCUT2D eigenvalue weighted by atomic mass is 10.2. The van der Waals surface area contributed by atoms with Gasteiger partial charge in [0.15, 0.2) is 5.96 Å². The maximum absolute atomic E-state index is 4.32. The molecule has 0 aliphatic rings. The largest absolute Gasteiger partial charge is 0.352 e. The molecule has 0 bridgehead atoms. The monoisotopic (exact) mass is 273 g/mol. The zero-order valence-electron chi connectivity index (χ0n) is 11.3. The lowest BCUT2D eigenvalue weighted by molar-refractivity contribution is 0.476. The van der Waals surface area contributed by atoms with Gasteiger partial charge in [-0.25, -0.2) is 0 Å². The molecular weight excluding hydrogens is 254 g/mol. The van der Waals surface area contributed by atoms with E-state index >= 15 is 0 Å². The van der Waals surface area contributed by atoms with E-state index in [0.717, 1.165) is 19.0 Å². The van der Waals surface area contributed by atoms with E-state index in [-0.39, 0.29) is 0 Å². The number of rotatable bonds is 4. The van der Waals surface area contributed by atoms with Gasteiger partial charge in [0, 0.05) is 27.2 Å². The summed E-state index contributed by atoms with van der Waals surface area (Å²) in [7, 11) is 3.87. The molecule has 1 aromatic carbocycles. The summed E-state index contributed by atoms with van der Waals surface area (Å²) in [4.78, 5) is 6.45. The zero-order chi connectivity index (χ0) is 13.5. The van der Waals surface area contributed by atoms with Crippen molar-refractivity contribution in [2.24, 2.45) is 4.99 Å². The molecule has 0 unspecified atom stereocenters. The van der Waals surface area contributed by atoms with Gasteiger partial charge in [0.1, 0.15) is 0 Å². The van der Waals surface area contributed by atoms with Gasteiger partial charge in [-0.05, 0) is 28.0 Å². The van der Waals surface area contributed by atoms with E-state index in [1.165, 1.54) is 11.1 Å². The Balaban J connectivity index is 1.90. The van der Waals surface area contributed by atoms with E-state index in [9.17, 15) is 0 Å². The second kappa shape index (κ2) is 6.95. The lowest BCUT2D eigenvalue weighted by Crippen LogP contribution is -2.37. The highest BCUT2D eigenvalue weighted by Gasteiger charge is 2.06. The molecule has 0 amide bonds. The van der Waals surface area contributed by atoms with E-state index in [1.807, 2.05) is 13.1 Å². The van der Waals surface area contributed by atoms with Crippen LogP contribution in [0.15, 0.2) is 52.2 Å². The highest BCUT2D eigenvalue weighted by Crippen LogP contribution is 2.06. The van der Waals surface area contributed by atoms with Gasteiger partial charge >= 0.3 is 0 Å². The number of hydrogen-bond donors (Lipinski definition) is 1. The molecule has 19 heavy (non-hydrogen) atoms. The summed E-state index contributed by atoms with van der Waals surface area (Å²) < 4.78 is 0. The molecule has 0 fully saturated rings. The first-order chi connectivity index (χ1) is 9.29. The molecule has 0 aliphatic heterocycles. The fourth-order valence-corrected chi connectivity index (χ4v) is 2.56. The second-order valence-electron chi connectivity index (χ2n) is 4.37. The number of nitrogens with zero attached hydrogens (tertiary/aromatic N) is 2. The number of guanidine groups is 1. The van der Waals surface area contributed by atoms with Crippen LogP contribution in [0.25, 0.3) is 0 Å². The number of hydrogen-bond acceptors (Lipinski definition) is 2. The van der Waals surface area contributed by atoms with Gasteiger partial charge < -0.3 is 10.2 Å². The van der Waals surface area contributed by atoms with Crippen LogP contribution in [-0.4, -0.2) is 25.0 Å². The van der Waals surface area contributed by atoms with Crippen molar-refractivity contribution in [3.63, 3.8) is 0 Å². The molecule has 3 nitrogen and oxygen atoms in total. The normalized spacial score (nSPS) is 11.4. The first kappa shape index (κ1) is 13.6. The molecule has 4 heteroatoms. The van der Waals surface area contributed by atoms with Crippen molar-refractivity contribution in [3.8, 4) is 0 Å². The van der Waals surface area contributed by atoms with Gasteiger partial charge in [-0.3, -0.25) is 4.99 Å². The Morgan fingerprint density at radius 1 is 1.21 bits per heavy atom. The first-order valence-corrected chi connectivity index (χ1v) is 7.20. The van der Waals surface area contributed by atoms with Crippen LogP contribution in [0.5, 0.6) is 0 Å². The Bertz CT molecular complexity index is 505. The van der Waals surface area contributed by atoms with Crippen molar-refractivity contribution in [2.75, 3.05) is 14.1 Å². The van der Waals surface area contributed by atoms with Gasteiger partial charge in [-0.2, -0.15) is 11.3 Å². The van der Waals surface area contributed by atoms with Crippen LogP contribution in [0, 0.1) is 0 Å². The Labute approximate surface area is 118 Å². The van der Waals surface area contributed by atoms with E-state index in [1.54, 1.807) is 11.3 Å². The van der Waals surface area contributed by atoms with Gasteiger partial charge in [0.25, 0.3) is 0 Å². The molecule has 0 atom stereocenters. The summed E-state index contributed by atoms with van der Waals surface area (Å²) in [5.74, 6) is 0.912. The van der Waals surface area contributed by atoms with Crippen LogP contribution in [-0.2, 0) is 13.1 Å². The van der Waals surface area contributed by atoms with Crippen LogP contribution in [0.1, 0.15) is 11.1 Å². The molecule has 2 aromatic rings. The Kier molecular flexibility index (Phi) is 4.98. The number of benzene rings is 1. The number of aliphatic imine (C=N–C) groups is 1. The van der Waals surface area contributed by atoms with Crippen LogP contribution >= 0.6 is 11.3 Å². The Morgan fingerprint density at radius 2 is 2.00 bits per heavy atom. The maximum atomic E-state index is 4.32. The molecule has 100 valence electrons. The third kappa shape index (κ3) is 4.10. The van der Waals surface area contributed by atoms with Crippen LogP contribution in [0.3, 0.4) is 0 Å². The summed E-state index contributed by atoms with van der Waals surface area (Å²) in [5.41, 5.74) is 2.57. The summed E-state index contributed by atoms with van der Waals surface area (Å²) in [6.45, 7) is 1.67. The SMILES string of the molecule is CN=C(NCc1ccsc1)N(C)Cc1ccccc1.